The second kappa shape index (κ2) is 7.71. The Labute approximate surface area is 203 Å². The number of halogens is 1. The molecule has 168 valence electrons. The van der Waals surface area contributed by atoms with E-state index in [0.29, 0.717) is 6.61 Å². The number of fused-ring (bicyclic) bond motifs is 4. The molecule has 0 amide bonds. The van der Waals surface area contributed by atoms with Gasteiger partial charge >= 0.3 is 0 Å². The lowest BCUT2D eigenvalue weighted by Crippen LogP contribution is -2.60. The first kappa shape index (κ1) is 20.9. The molecule has 3 aliphatic heterocycles. The van der Waals surface area contributed by atoms with Gasteiger partial charge in [-0.25, -0.2) is 5.01 Å². The highest BCUT2D eigenvalue weighted by Crippen LogP contribution is 2.52. The highest BCUT2D eigenvalue weighted by atomic mass is 79.9. The lowest BCUT2D eigenvalue weighted by atomic mass is 9.86. The van der Waals surface area contributed by atoms with Crippen LogP contribution in [0.15, 0.2) is 82.4 Å². The van der Waals surface area contributed by atoms with E-state index in [0.717, 1.165) is 35.2 Å². The van der Waals surface area contributed by atoms with Crippen LogP contribution < -0.4 is 4.74 Å². The van der Waals surface area contributed by atoms with E-state index in [1.165, 1.54) is 22.3 Å². The topological polar surface area (TPSA) is 34.1 Å². The van der Waals surface area contributed by atoms with Gasteiger partial charge in [0.2, 0.25) is 5.72 Å². The van der Waals surface area contributed by atoms with Gasteiger partial charge < -0.3 is 9.47 Å². The van der Waals surface area contributed by atoms with Crippen molar-refractivity contribution in [3.63, 3.8) is 0 Å². The van der Waals surface area contributed by atoms with Gasteiger partial charge in [0, 0.05) is 29.3 Å². The molecule has 0 unspecified atom stereocenters. The molecule has 0 aliphatic carbocycles. The average Bonchev–Trinajstić information content (AvgIpc) is 3.27. The van der Waals surface area contributed by atoms with Gasteiger partial charge in [-0.15, -0.1) is 0 Å². The highest BCUT2D eigenvalue weighted by molar-refractivity contribution is 9.10. The minimum absolute atomic E-state index is 0.156. The lowest BCUT2D eigenvalue weighted by molar-refractivity contribution is -0.212. The SMILES string of the molecule is CC1(C)C[C@@]2(CCO1)Oc1ccc(Br)cc1[C@H]1CC(c3ccc(-c4ccccc4)cc3)=NN12. The fourth-order valence-electron chi connectivity index (χ4n) is 5.49. The van der Waals surface area contributed by atoms with E-state index in [-0.39, 0.29) is 11.6 Å². The zero-order chi connectivity index (χ0) is 22.6. The maximum Gasteiger partial charge on any atom is 0.203 e. The van der Waals surface area contributed by atoms with Crippen LogP contribution in [-0.4, -0.2) is 28.7 Å². The van der Waals surface area contributed by atoms with E-state index in [1.807, 2.05) is 6.07 Å². The molecule has 3 aromatic rings. The fourth-order valence-corrected chi connectivity index (χ4v) is 5.87. The molecule has 3 aliphatic rings. The predicted molar refractivity (Wildman–Crippen MR) is 134 cm³/mol. The van der Waals surface area contributed by atoms with Crippen molar-refractivity contribution in [1.82, 2.24) is 5.01 Å². The minimum atomic E-state index is -0.487. The summed E-state index contributed by atoms with van der Waals surface area (Å²) < 4.78 is 13.9. The van der Waals surface area contributed by atoms with E-state index < -0.39 is 5.72 Å². The first-order chi connectivity index (χ1) is 15.9. The Hall–Kier alpha value is -2.63. The summed E-state index contributed by atoms with van der Waals surface area (Å²) in [5.41, 5.74) is 5.17. The Morgan fingerprint density at radius 3 is 2.42 bits per heavy atom. The molecule has 0 bridgehead atoms. The van der Waals surface area contributed by atoms with Crippen LogP contribution in [0.2, 0.25) is 0 Å². The zero-order valence-corrected chi connectivity index (χ0v) is 20.5. The van der Waals surface area contributed by atoms with Crippen LogP contribution in [0.5, 0.6) is 5.75 Å². The number of nitrogens with zero attached hydrogens (tertiary/aromatic N) is 2. The summed E-state index contributed by atoms with van der Waals surface area (Å²) >= 11 is 3.65. The second-order valence-electron chi connectivity index (χ2n) is 9.82. The van der Waals surface area contributed by atoms with Crippen molar-refractivity contribution in [2.75, 3.05) is 6.61 Å². The summed E-state index contributed by atoms with van der Waals surface area (Å²) in [5, 5.41) is 7.45. The van der Waals surface area contributed by atoms with E-state index in [4.69, 9.17) is 14.6 Å². The van der Waals surface area contributed by atoms with Gasteiger partial charge in [-0.05, 0) is 48.7 Å². The average molecular weight is 503 g/mol. The molecule has 2 atom stereocenters. The third kappa shape index (κ3) is 3.68. The largest absolute Gasteiger partial charge is 0.466 e. The van der Waals surface area contributed by atoms with Crippen LogP contribution in [0.25, 0.3) is 11.1 Å². The molecule has 33 heavy (non-hydrogen) atoms. The summed E-state index contributed by atoms with van der Waals surface area (Å²) in [7, 11) is 0. The van der Waals surface area contributed by atoms with Crippen LogP contribution in [0.4, 0.5) is 0 Å². The molecule has 1 saturated heterocycles. The molecule has 1 spiro atoms. The van der Waals surface area contributed by atoms with Crippen molar-refractivity contribution in [3.8, 4) is 16.9 Å². The summed E-state index contributed by atoms with van der Waals surface area (Å²) in [6, 6.07) is 25.8. The maximum absolute atomic E-state index is 6.74. The maximum atomic E-state index is 6.74. The van der Waals surface area contributed by atoms with Gasteiger partial charge in [0.25, 0.3) is 0 Å². The Morgan fingerprint density at radius 2 is 1.67 bits per heavy atom. The smallest absolute Gasteiger partial charge is 0.203 e. The van der Waals surface area contributed by atoms with Crippen LogP contribution in [0.3, 0.4) is 0 Å². The van der Waals surface area contributed by atoms with E-state index in [2.05, 4.69) is 102 Å². The van der Waals surface area contributed by atoms with Crippen LogP contribution in [-0.2, 0) is 4.74 Å². The number of hydrogen-bond acceptors (Lipinski definition) is 4. The third-order valence-electron chi connectivity index (χ3n) is 6.97. The molecular weight excluding hydrogens is 476 g/mol. The zero-order valence-electron chi connectivity index (χ0n) is 18.9. The van der Waals surface area contributed by atoms with Crippen LogP contribution in [0.1, 0.15) is 50.3 Å². The fraction of sp³-hybridized carbons (Fsp3) is 0.321. The first-order valence-corrected chi connectivity index (χ1v) is 12.4. The number of benzene rings is 3. The quantitative estimate of drug-likeness (QED) is 0.380. The van der Waals surface area contributed by atoms with Gasteiger partial charge in [-0.2, -0.15) is 5.10 Å². The standard InChI is InChI=1S/C28H27BrN2O2/c1-27(2)18-28(14-15-32-27)31-25(23-16-22(29)12-13-26(23)33-28)17-24(30-31)21-10-8-20(9-11-21)19-6-4-3-5-7-19/h3-13,16,25H,14-15,17-18H2,1-2H3/t25-,28-/m1/s1. The van der Waals surface area contributed by atoms with Crippen molar-refractivity contribution in [2.24, 2.45) is 5.10 Å². The minimum Gasteiger partial charge on any atom is -0.466 e. The molecular formula is C28H27BrN2O2. The molecule has 0 N–H and O–H groups in total. The summed E-state index contributed by atoms with van der Waals surface area (Å²) in [4.78, 5) is 0. The summed E-state index contributed by atoms with van der Waals surface area (Å²) in [5.74, 6) is 0.966. The molecule has 0 aromatic heterocycles. The number of rotatable bonds is 2. The molecule has 3 heterocycles. The summed E-state index contributed by atoms with van der Waals surface area (Å²) in [6.07, 6.45) is 2.43. The molecule has 4 nitrogen and oxygen atoms in total. The molecule has 3 aromatic carbocycles. The Bertz CT molecular complexity index is 1220. The number of ether oxygens (including phenoxy) is 2. The number of hydrogen-bond donors (Lipinski definition) is 0. The van der Waals surface area contributed by atoms with Gasteiger partial charge in [0.1, 0.15) is 5.75 Å². The van der Waals surface area contributed by atoms with E-state index in [9.17, 15) is 0 Å². The van der Waals surface area contributed by atoms with Crippen molar-refractivity contribution in [2.45, 2.75) is 50.5 Å². The van der Waals surface area contributed by atoms with Gasteiger partial charge in [-0.3, -0.25) is 0 Å². The monoisotopic (exact) mass is 502 g/mol. The highest BCUT2D eigenvalue weighted by Gasteiger charge is 2.54. The van der Waals surface area contributed by atoms with Gasteiger partial charge in [0.05, 0.1) is 24.0 Å². The molecule has 0 saturated carbocycles. The Kier molecular flexibility index (Phi) is 4.89. The normalized spacial score (nSPS) is 25.2. The van der Waals surface area contributed by atoms with Gasteiger partial charge in [-0.1, -0.05) is 70.5 Å². The lowest BCUT2D eigenvalue weighted by Gasteiger charge is -2.52. The van der Waals surface area contributed by atoms with Crippen LogP contribution in [0, 0.1) is 0 Å². The van der Waals surface area contributed by atoms with Crippen LogP contribution >= 0.6 is 15.9 Å². The van der Waals surface area contributed by atoms with Gasteiger partial charge in [0.15, 0.2) is 0 Å². The summed E-state index contributed by atoms with van der Waals surface area (Å²) in [6.45, 7) is 4.96. The molecule has 1 fully saturated rings. The third-order valence-corrected chi connectivity index (χ3v) is 7.46. The predicted octanol–water partition coefficient (Wildman–Crippen LogP) is 6.94. The number of hydrazone groups is 1. The van der Waals surface area contributed by atoms with Crippen molar-refractivity contribution in [3.05, 3.63) is 88.4 Å². The molecule has 6 rings (SSSR count). The second-order valence-corrected chi connectivity index (χ2v) is 10.7. The van der Waals surface area contributed by atoms with E-state index >= 15 is 0 Å². The Morgan fingerprint density at radius 1 is 0.939 bits per heavy atom. The molecule has 5 heteroatoms. The van der Waals surface area contributed by atoms with Crippen molar-refractivity contribution < 1.29 is 9.47 Å². The molecule has 0 radical (unpaired) electrons. The first-order valence-electron chi connectivity index (χ1n) is 11.6. The van der Waals surface area contributed by atoms with Crippen molar-refractivity contribution >= 4 is 21.6 Å². The Balaban J connectivity index is 1.39. The van der Waals surface area contributed by atoms with Crippen molar-refractivity contribution in [1.29, 1.82) is 0 Å². The van der Waals surface area contributed by atoms with E-state index in [1.54, 1.807) is 0 Å².